The van der Waals surface area contributed by atoms with Crippen molar-refractivity contribution >= 4 is 5.78 Å². The predicted octanol–water partition coefficient (Wildman–Crippen LogP) is 2.50. The zero-order valence-corrected chi connectivity index (χ0v) is 9.59. The van der Waals surface area contributed by atoms with Gasteiger partial charge in [0.1, 0.15) is 0 Å². The summed E-state index contributed by atoms with van der Waals surface area (Å²) in [7, 11) is 0. The molecule has 1 heterocycles. The number of ketones is 1. The molecule has 4 heteroatoms. The van der Waals surface area contributed by atoms with Gasteiger partial charge in [0.2, 0.25) is 0 Å². The Morgan fingerprint density at radius 2 is 1.93 bits per heavy atom. The standard InChI is InChI=1S/C9H13F2NO.C2H6/c1-2-8(13)4-3-5-12-6-9(10,11)7-12;1-2/h3-4H,2,5-7H2,1H3;1-2H3/b4-3+;. The SMILES string of the molecule is CC.CCC(=O)/C=C/CN1CC(F)(F)C1. The van der Waals surface area contributed by atoms with Gasteiger partial charge in [-0.15, -0.1) is 0 Å². The highest BCUT2D eigenvalue weighted by atomic mass is 19.3. The van der Waals surface area contributed by atoms with Gasteiger partial charge in [0, 0.05) is 13.0 Å². The number of carbonyl (C=O) groups excluding carboxylic acids is 1. The summed E-state index contributed by atoms with van der Waals surface area (Å²) >= 11 is 0. The van der Waals surface area contributed by atoms with Gasteiger partial charge >= 0.3 is 0 Å². The summed E-state index contributed by atoms with van der Waals surface area (Å²) in [4.78, 5) is 12.4. The average Bonchev–Trinajstić information content (AvgIpc) is 2.18. The zero-order chi connectivity index (χ0) is 11.9. The summed E-state index contributed by atoms with van der Waals surface area (Å²) in [6.07, 6.45) is 3.56. The van der Waals surface area contributed by atoms with Crippen LogP contribution in [0, 0.1) is 0 Å². The third-order valence-corrected chi connectivity index (χ3v) is 1.93. The normalized spacial score (nSPS) is 19.3. The molecule has 0 saturated carbocycles. The fraction of sp³-hybridized carbons (Fsp3) is 0.727. The highest BCUT2D eigenvalue weighted by molar-refractivity contribution is 5.89. The number of hydrogen-bond acceptors (Lipinski definition) is 2. The van der Waals surface area contributed by atoms with Crippen LogP contribution in [0.1, 0.15) is 27.2 Å². The van der Waals surface area contributed by atoms with Gasteiger partial charge in [0.25, 0.3) is 5.92 Å². The van der Waals surface area contributed by atoms with Crippen LogP contribution in [-0.4, -0.2) is 36.2 Å². The second-order valence-corrected chi connectivity index (χ2v) is 3.25. The molecule has 0 aromatic heterocycles. The number of carbonyl (C=O) groups is 1. The summed E-state index contributed by atoms with van der Waals surface area (Å²) < 4.78 is 24.6. The lowest BCUT2D eigenvalue weighted by molar-refractivity contribution is -0.125. The molecule has 0 radical (unpaired) electrons. The van der Waals surface area contributed by atoms with E-state index in [9.17, 15) is 13.6 Å². The Kier molecular flexibility index (Phi) is 6.32. The van der Waals surface area contributed by atoms with Crippen LogP contribution in [0.15, 0.2) is 12.2 Å². The van der Waals surface area contributed by atoms with Crippen LogP contribution in [-0.2, 0) is 4.79 Å². The van der Waals surface area contributed by atoms with Crippen LogP contribution in [0.2, 0.25) is 0 Å². The van der Waals surface area contributed by atoms with Crippen molar-refractivity contribution in [1.82, 2.24) is 4.90 Å². The summed E-state index contributed by atoms with van der Waals surface area (Å²) in [6, 6.07) is 0. The van der Waals surface area contributed by atoms with E-state index in [4.69, 9.17) is 0 Å². The first-order chi connectivity index (χ1) is 7.03. The number of allylic oxidation sites excluding steroid dienone is 1. The van der Waals surface area contributed by atoms with E-state index < -0.39 is 5.92 Å². The summed E-state index contributed by atoms with van der Waals surface area (Å²) in [5, 5.41) is 0. The fourth-order valence-corrected chi connectivity index (χ4v) is 1.19. The predicted molar refractivity (Wildman–Crippen MR) is 57.2 cm³/mol. The molecule has 0 bridgehead atoms. The summed E-state index contributed by atoms with van der Waals surface area (Å²) in [5.74, 6) is -2.48. The van der Waals surface area contributed by atoms with E-state index in [0.717, 1.165) is 0 Å². The van der Waals surface area contributed by atoms with Crippen LogP contribution in [0.4, 0.5) is 8.78 Å². The molecule has 0 aromatic rings. The lowest BCUT2D eigenvalue weighted by Gasteiger charge is -2.37. The van der Waals surface area contributed by atoms with E-state index >= 15 is 0 Å². The molecule has 0 amide bonds. The number of rotatable bonds is 4. The van der Waals surface area contributed by atoms with E-state index in [1.54, 1.807) is 17.9 Å². The number of hydrogen-bond donors (Lipinski definition) is 0. The summed E-state index contributed by atoms with van der Waals surface area (Å²) in [6.45, 7) is 5.85. The minimum absolute atomic E-state index is 0.0345. The first kappa shape index (κ1) is 14.2. The van der Waals surface area contributed by atoms with E-state index in [0.29, 0.717) is 13.0 Å². The second kappa shape index (κ2) is 6.67. The maximum absolute atomic E-state index is 12.3. The topological polar surface area (TPSA) is 20.3 Å². The molecule has 0 aliphatic carbocycles. The molecule has 0 unspecified atom stereocenters. The molecule has 0 N–H and O–H groups in total. The third kappa shape index (κ3) is 5.62. The lowest BCUT2D eigenvalue weighted by atomic mass is 10.1. The Balaban J connectivity index is 0.000000921. The van der Waals surface area contributed by atoms with Gasteiger partial charge in [-0.05, 0) is 6.08 Å². The van der Waals surface area contributed by atoms with Crippen LogP contribution in [0.3, 0.4) is 0 Å². The molecule has 1 aliphatic rings. The molecule has 1 saturated heterocycles. The average molecular weight is 219 g/mol. The minimum Gasteiger partial charge on any atom is -0.295 e. The Morgan fingerprint density at radius 3 is 2.33 bits per heavy atom. The Labute approximate surface area is 90.0 Å². The van der Waals surface area contributed by atoms with Gasteiger partial charge in [-0.3, -0.25) is 9.69 Å². The smallest absolute Gasteiger partial charge is 0.272 e. The van der Waals surface area contributed by atoms with Crippen LogP contribution in [0.25, 0.3) is 0 Å². The quantitative estimate of drug-likeness (QED) is 0.677. The van der Waals surface area contributed by atoms with E-state index in [1.165, 1.54) is 6.08 Å². The van der Waals surface area contributed by atoms with Crippen molar-refractivity contribution in [2.24, 2.45) is 0 Å². The van der Waals surface area contributed by atoms with Gasteiger partial charge in [0.05, 0.1) is 13.1 Å². The van der Waals surface area contributed by atoms with E-state index in [-0.39, 0.29) is 18.9 Å². The van der Waals surface area contributed by atoms with Gasteiger partial charge < -0.3 is 0 Å². The van der Waals surface area contributed by atoms with Crippen molar-refractivity contribution in [1.29, 1.82) is 0 Å². The van der Waals surface area contributed by atoms with Gasteiger partial charge in [-0.2, -0.15) is 0 Å². The maximum Gasteiger partial charge on any atom is 0.272 e. The Bertz CT molecular complexity index is 219. The molecular formula is C11H19F2NO. The largest absolute Gasteiger partial charge is 0.295 e. The maximum atomic E-state index is 12.3. The van der Waals surface area contributed by atoms with E-state index in [1.807, 2.05) is 13.8 Å². The second-order valence-electron chi connectivity index (χ2n) is 3.25. The number of halogens is 2. The van der Waals surface area contributed by atoms with Crippen molar-refractivity contribution in [3.8, 4) is 0 Å². The van der Waals surface area contributed by atoms with Crippen LogP contribution >= 0.6 is 0 Å². The molecule has 0 spiro atoms. The highest BCUT2D eigenvalue weighted by Gasteiger charge is 2.42. The van der Waals surface area contributed by atoms with Crippen molar-refractivity contribution < 1.29 is 13.6 Å². The monoisotopic (exact) mass is 219 g/mol. The first-order valence-corrected chi connectivity index (χ1v) is 5.33. The Hall–Kier alpha value is -0.770. The number of likely N-dealkylation sites (tertiary alicyclic amines) is 1. The molecule has 0 aromatic carbocycles. The molecule has 0 atom stereocenters. The van der Waals surface area contributed by atoms with E-state index in [2.05, 4.69) is 0 Å². The molecule has 88 valence electrons. The highest BCUT2D eigenvalue weighted by Crippen LogP contribution is 2.25. The van der Waals surface area contributed by atoms with Crippen molar-refractivity contribution in [3.05, 3.63) is 12.2 Å². The summed E-state index contributed by atoms with van der Waals surface area (Å²) in [5.41, 5.74) is 0. The molecule has 2 nitrogen and oxygen atoms in total. The van der Waals surface area contributed by atoms with Gasteiger partial charge in [-0.25, -0.2) is 8.78 Å². The van der Waals surface area contributed by atoms with Crippen LogP contribution < -0.4 is 0 Å². The number of alkyl halides is 2. The molecule has 1 rings (SSSR count). The fourth-order valence-electron chi connectivity index (χ4n) is 1.19. The first-order valence-electron chi connectivity index (χ1n) is 5.33. The van der Waals surface area contributed by atoms with Crippen molar-refractivity contribution in [2.45, 2.75) is 33.1 Å². The molecule has 1 fully saturated rings. The molecular weight excluding hydrogens is 200 g/mol. The van der Waals surface area contributed by atoms with Gasteiger partial charge in [-0.1, -0.05) is 26.8 Å². The third-order valence-electron chi connectivity index (χ3n) is 1.93. The van der Waals surface area contributed by atoms with Gasteiger partial charge in [0.15, 0.2) is 5.78 Å². The van der Waals surface area contributed by atoms with Crippen molar-refractivity contribution in [3.63, 3.8) is 0 Å². The zero-order valence-electron chi connectivity index (χ0n) is 9.59. The van der Waals surface area contributed by atoms with Crippen LogP contribution in [0.5, 0.6) is 0 Å². The number of nitrogens with zero attached hydrogens (tertiary/aromatic N) is 1. The lowest BCUT2D eigenvalue weighted by Crippen LogP contribution is -2.55. The Morgan fingerprint density at radius 1 is 1.40 bits per heavy atom. The molecule has 1 aliphatic heterocycles. The molecule has 15 heavy (non-hydrogen) atoms. The minimum atomic E-state index is -2.51. The van der Waals surface area contributed by atoms with Crippen molar-refractivity contribution in [2.75, 3.05) is 19.6 Å².